The standard InChI is InChI=1S/C20H27FN4S.HI/c1-22-20(24-14-17-5-2-3-7-19(17)21)23-13-16-8-10-25(11-9-16)15-18-6-4-12-26-18;/h2-7,12,16H,8-11,13-15H2,1H3,(H2,22,23,24);1H. The summed E-state index contributed by atoms with van der Waals surface area (Å²) in [7, 11) is 1.75. The third-order valence-electron chi connectivity index (χ3n) is 4.85. The molecule has 2 heterocycles. The molecule has 2 aromatic rings. The summed E-state index contributed by atoms with van der Waals surface area (Å²) < 4.78 is 13.7. The van der Waals surface area contributed by atoms with E-state index in [0.29, 0.717) is 18.0 Å². The molecular formula is C20H28FIN4S. The van der Waals surface area contributed by atoms with E-state index in [1.54, 1.807) is 19.2 Å². The molecule has 0 saturated carbocycles. The Morgan fingerprint density at radius 1 is 1.19 bits per heavy atom. The largest absolute Gasteiger partial charge is 0.356 e. The molecule has 0 aliphatic carbocycles. The van der Waals surface area contributed by atoms with Crippen LogP contribution in [-0.2, 0) is 13.1 Å². The third kappa shape index (κ3) is 7.04. The first-order valence-electron chi connectivity index (χ1n) is 9.17. The normalized spacial score (nSPS) is 16.0. The van der Waals surface area contributed by atoms with Crippen molar-refractivity contribution >= 4 is 41.3 Å². The van der Waals surface area contributed by atoms with Crippen molar-refractivity contribution in [1.82, 2.24) is 15.5 Å². The van der Waals surface area contributed by atoms with Crippen LogP contribution in [0.25, 0.3) is 0 Å². The van der Waals surface area contributed by atoms with Gasteiger partial charge in [0, 0.05) is 37.1 Å². The summed E-state index contributed by atoms with van der Waals surface area (Å²) in [5.74, 6) is 1.20. The van der Waals surface area contributed by atoms with E-state index in [4.69, 9.17) is 0 Å². The molecule has 0 atom stereocenters. The SMILES string of the molecule is CN=C(NCc1ccccc1F)NCC1CCN(Cc2cccs2)CC1.I. The summed E-state index contributed by atoms with van der Waals surface area (Å²) in [6.45, 7) is 4.70. The number of nitrogens with zero attached hydrogens (tertiary/aromatic N) is 2. The summed E-state index contributed by atoms with van der Waals surface area (Å²) in [5, 5.41) is 8.73. The highest BCUT2D eigenvalue weighted by molar-refractivity contribution is 14.0. The van der Waals surface area contributed by atoms with Crippen LogP contribution in [0.2, 0.25) is 0 Å². The number of guanidine groups is 1. The van der Waals surface area contributed by atoms with Crippen molar-refractivity contribution in [3.05, 3.63) is 58.0 Å². The summed E-state index contributed by atoms with van der Waals surface area (Å²) in [6.07, 6.45) is 2.39. The highest BCUT2D eigenvalue weighted by Crippen LogP contribution is 2.20. The van der Waals surface area contributed by atoms with Gasteiger partial charge in [-0.3, -0.25) is 9.89 Å². The Hall–Kier alpha value is -1.19. The zero-order valence-corrected chi connectivity index (χ0v) is 18.8. The van der Waals surface area contributed by atoms with Crippen molar-refractivity contribution in [1.29, 1.82) is 0 Å². The lowest BCUT2D eigenvalue weighted by atomic mass is 9.97. The minimum absolute atomic E-state index is 0. The summed E-state index contributed by atoms with van der Waals surface area (Å²) >= 11 is 1.83. The van der Waals surface area contributed by atoms with E-state index in [1.807, 2.05) is 17.4 Å². The fourth-order valence-corrected chi connectivity index (χ4v) is 4.00. The van der Waals surface area contributed by atoms with Gasteiger partial charge in [-0.25, -0.2) is 4.39 Å². The maximum Gasteiger partial charge on any atom is 0.191 e. The van der Waals surface area contributed by atoms with Crippen LogP contribution in [0.5, 0.6) is 0 Å². The van der Waals surface area contributed by atoms with Crippen molar-refractivity contribution in [3.8, 4) is 0 Å². The molecule has 1 aliphatic heterocycles. The van der Waals surface area contributed by atoms with Gasteiger partial charge in [0.25, 0.3) is 0 Å². The molecule has 3 rings (SSSR count). The highest BCUT2D eigenvalue weighted by Gasteiger charge is 2.19. The molecule has 148 valence electrons. The van der Waals surface area contributed by atoms with Gasteiger partial charge in [-0.05, 0) is 49.4 Å². The van der Waals surface area contributed by atoms with E-state index in [1.165, 1.54) is 23.8 Å². The van der Waals surface area contributed by atoms with Crippen molar-refractivity contribution in [2.75, 3.05) is 26.7 Å². The van der Waals surface area contributed by atoms with E-state index >= 15 is 0 Å². The van der Waals surface area contributed by atoms with E-state index in [9.17, 15) is 4.39 Å². The quantitative estimate of drug-likeness (QED) is 0.355. The van der Waals surface area contributed by atoms with Gasteiger partial charge in [0.05, 0.1) is 0 Å². The number of aliphatic imine (C=N–C) groups is 1. The minimum Gasteiger partial charge on any atom is -0.356 e. The van der Waals surface area contributed by atoms with Crippen LogP contribution < -0.4 is 10.6 Å². The number of rotatable bonds is 6. The van der Waals surface area contributed by atoms with E-state index < -0.39 is 0 Å². The first-order chi connectivity index (χ1) is 12.7. The van der Waals surface area contributed by atoms with Crippen molar-refractivity contribution in [3.63, 3.8) is 0 Å². The second-order valence-electron chi connectivity index (χ2n) is 6.70. The maximum atomic E-state index is 13.7. The molecule has 0 radical (unpaired) electrons. The van der Waals surface area contributed by atoms with Crippen LogP contribution in [0.3, 0.4) is 0 Å². The Labute approximate surface area is 182 Å². The fourth-order valence-electron chi connectivity index (χ4n) is 3.25. The van der Waals surface area contributed by atoms with Gasteiger partial charge >= 0.3 is 0 Å². The van der Waals surface area contributed by atoms with Gasteiger partial charge in [0.2, 0.25) is 0 Å². The average molecular weight is 502 g/mol. The molecule has 2 N–H and O–H groups in total. The minimum atomic E-state index is -0.187. The summed E-state index contributed by atoms with van der Waals surface area (Å²) in [5.41, 5.74) is 0.650. The number of thiophene rings is 1. The lowest BCUT2D eigenvalue weighted by molar-refractivity contribution is 0.179. The average Bonchev–Trinajstić information content (AvgIpc) is 3.17. The van der Waals surface area contributed by atoms with Crippen LogP contribution in [0.15, 0.2) is 46.8 Å². The molecule has 1 aromatic carbocycles. The van der Waals surface area contributed by atoms with E-state index in [0.717, 1.165) is 32.1 Å². The van der Waals surface area contributed by atoms with Gasteiger partial charge in [-0.15, -0.1) is 35.3 Å². The topological polar surface area (TPSA) is 39.7 Å². The number of nitrogens with one attached hydrogen (secondary N) is 2. The molecule has 0 amide bonds. The molecule has 0 bridgehead atoms. The van der Waals surface area contributed by atoms with Crippen LogP contribution in [-0.4, -0.2) is 37.5 Å². The first kappa shape index (κ1) is 22.1. The van der Waals surface area contributed by atoms with Gasteiger partial charge in [-0.1, -0.05) is 24.3 Å². The Kier molecular flexibility index (Phi) is 9.50. The molecule has 27 heavy (non-hydrogen) atoms. The molecule has 1 fully saturated rings. The van der Waals surface area contributed by atoms with Crippen LogP contribution in [0, 0.1) is 11.7 Å². The zero-order chi connectivity index (χ0) is 18.2. The number of hydrogen-bond acceptors (Lipinski definition) is 3. The number of hydrogen-bond donors (Lipinski definition) is 2. The highest BCUT2D eigenvalue weighted by atomic mass is 127. The predicted molar refractivity (Wildman–Crippen MR) is 122 cm³/mol. The third-order valence-corrected chi connectivity index (χ3v) is 5.71. The first-order valence-corrected chi connectivity index (χ1v) is 10.0. The summed E-state index contributed by atoms with van der Waals surface area (Å²) in [6, 6.07) is 11.2. The maximum absolute atomic E-state index is 13.7. The molecule has 1 aliphatic rings. The molecule has 1 aromatic heterocycles. The lowest BCUT2D eigenvalue weighted by Crippen LogP contribution is -2.42. The smallest absolute Gasteiger partial charge is 0.191 e. The van der Waals surface area contributed by atoms with Crippen LogP contribution in [0.4, 0.5) is 4.39 Å². The molecular weight excluding hydrogens is 474 g/mol. The summed E-state index contributed by atoms with van der Waals surface area (Å²) in [4.78, 5) is 8.22. The Balaban J connectivity index is 0.00000261. The van der Waals surface area contributed by atoms with Gasteiger partial charge in [-0.2, -0.15) is 0 Å². The Morgan fingerprint density at radius 3 is 2.63 bits per heavy atom. The molecule has 4 nitrogen and oxygen atoms in total. The van der Waals surface area contributed by atoms with E-state index in [-0.39, 0.29) is 29.8 Å². The predicted octanol–water partition coefficient (Wildman–Crippen LogP) is 4.08. The van der Waals surface area contributed by atoms with Gasteiger partial charge < -0.3 is 10.6 Å². The van der Waals surface area contributed by atoms with Gasteiger partial charge in [0.1, 0.15) is 5.82 Å². The van der Waals surface area contributed by atoms with Crippen LogP contribution in [0.1, 0.15) is 23.3 Å². The van der Waals surface area contributed by atoms with Crippen molar-refractivity contribution in [2.45, 2.75) is 25.9 Å². The van der Waals surface area contributed by atoms with Crippen LogP contribution >= 0.6 is 35.3 Å². The molecule has 1 saturated heterocycles. The lowest BCUT2D eigenvalue weighted by Gasteiger charge is -2.32. The molecule has 7 heteroatoms. The Bertz CT molecular complexity index is 700. The Morgan fingerprint density at radius 2 is 1.96 bits per heavy atom. The molecule has 0 unspecified atom stereocenters. The van der Waals surface area contributed by atoms with Crippen molar-refractivity contribution < 1.29 is 4.39 Å². The number of benzene rings is 1. The fraction of sp³-hybridized carbons (Fsp3) is 0.450. The van der Waals surface area contributed by atoms with Crippen molar-refractivity contribution in [2.24, 2.45) is 10.9 Å². The number of halogens is 2. The zero-order valence-electron chi connectivity index (χ0n) is 15.7. The van der Waals surface area contributed by atoms with E-state index in [2.05, 4.69) is 38.0 Å². The number of piperidine rings is 1. The monoisotopic (exact) mass is 502 g/mol. The second kappa shape index (κ2) is 11.6. The number of likely N-dealkylation sites (tertiary alicyclic amines) is 1. The second-order valence-corrected chi connectivity index (χ2v) is 7.73. The van der Waals surface area contributed by atoms with Gasteiger partial charge in [0.15, 0.2) is 5.96 Å². The molecule has 0 spiro atoms.